The van der Waals surface area contributed by atoms with Gasteiger partial charge in [-0.05, 0) is 38.1 Å². The third-order valence-electron chi connectivity index (χ3n) is 4.30. The molecule has 0 radical (unpaired) electrons. The van der Waals surface area contributed by atoms with E-state index in [1.807, 2.05) is 12.3 Å². The van der Waals surface area contributed by atoms with Gasteiger partial charge in [0.2, 0.25) is 0 Å². The van der Waals surface area contributed by atoms with E-state index in [1.54, 1.807) is 0 Å². The van der Waals surface area contributed by atoms with Crippen LogP contribution in [0.2, 0.25) is 0 Å². The Labute approximate surface area is 112 Å². The number of pyridine rings is 1. The summed E-state index contributed by atoms with van der Waals surface area (Å²) in [6.45, 7) is 4.28. The average molecular weight is 257 g/mol. The monoisotopic (exact) mass is 257 g/mol. The molecule has 5 heteroatoms. The van der Waals surface area contributed by atoms with E-state index in [2.05, 4.69) is 26.3 Å². The molecule has 2 N–H and O–H groups in total. The third kappa shape index (κ3) is 1.84. The Morgan fingerprint density at radius 3 is 2.84 bits per heavy atom. The number of hydrogen-bond donors (Lipinski definition) is 2. The minimum Gasteiger partial charge on any atom is -0.316 e. The second-order valence-electron chi connectivity index (χ2n) is 5.52. The molecule has 0 spiro atoms. The molecule has 2 saturated heterocycles. The lowest BCUT2D eigenvalue weighted by atomic mass is 10.1. The Hall–Kier alpha value is -1.46. The maximum absolute atomic E-state index is 4.87. The topological polar surface area (TPSA) is 54.8 Å². The number of fused-ring (bicyclic) bond motifs is 1. The SMILES string of the molecule is c1cnc2c(c1)nc(C1CCNC1)n2C1CCNC1. The van der Waals surface area contributed by atoms with Gasteiger partial charge in [-0.2, -0.15) is 0 Å². The largest absolute Gasteiger partial charge is 0.316 e. The standard InChI is InChI=1S/C14H19N5/c1-2-12-14(17-5-1)19(11-4-7-16-9-11)13(18-12)10-3-6-15-8-10/h1-2,5,10-11,15-16H,3-4,6-9H2. The number of hydrogen-bond acceptors (Lipinski definition) is 4. The number of rotatable bonds is 2. The summed E-state index contributed by atoms with van der Waals surface area (Å²) in [7, 11) is 0. The van der Waals surface area contributed by atoms with Crippen LogP contribution in [0.4, 0.5) is 0 Å². The molecule has 0 aromatic carbocycles. The molecule has 2 aromatic rings. The first kappa shape index (κ1) is 11.4. The Morgan fingerprint density at radius 1 is 1.16 bits per heavy atom. The minimum atomic E-state index is 0.510. The molecule has 2 aromatic heterocycles. The molecule has 0 bridgehead atoms. The Balaban J connectivity index is 1.87. The lowest BCUT2D eigenvalue weighted by Gasteiger charge is -2.18. The number of nitrogens with one attached hydrogen (secondary N) is 2. The number of imidazole rings is 1. The van der Waals surface area contributed by atoms with E-state index in [0.717, 1.165) is 37.3 Å². The van der Waals surface area contributed by atoms with Crippen molar-refractivity contribution in [3.8, 4) is 0 Å². The number of nitrogens with zero attached hydrogens (tertiary/aromatic N) is 3. The Bertz CT molecular complexity index is 579. The second-order valence-corrected chi connectivity index (χ2v) is 5.52. The van der Waals surface area contributed by atoms with Gasteiger partial charge in [0.25, 0.3) is 0 Å². The lowest BCUT2D eigenvalue weighted by molar-refractivity contribution is 0.511. The molecule has 2 fully saturated rings. The molecule has 0 amide bonds. The average Bonchev–Trinajstić information content (AvgIpc) is 3.17. The zero-order valence-electron chi connectivity index (χ0n) is 11.0. The molecule has 4 rings (SSSR count). The summed E-state index contributed by atoms with van der Waals surface area (Å²) in [5, 5.41) is 6.89. The van der Waals surface area contributed by atoms with E-state index in [-0.39, 0.29) is 0 Å². The fraction of sp³-hybridized carbons (Fsp3) is 0.571. The fourth-order valence-corrected chi connectivity index (χ4v) is 3.33. The Kier molecular flexibility index (Phi) is 2.74. The van der Waals surface area contributed by atoms with Gasteiger partial charge < -0.3 is 15.2 Å². The van der Waals surface area contributed by atoms with Crippen LogP contribution in [0.25, 0.3) is 11.2 Å². The van der Waals surface area contributed by atoms with Crippen molar-refractivity contribution in [2.24, 2.45) is 0 Å². The van der Waals surface area contributed by atoms with Crippen LogP contribution < -0.4 is 10.6 Å². The molecule has 0 aliphatic carbocycles. The van der Waals surface area contributed by atoms with Crippen LogP contribution >= 0.6 is 0 Å². The van der Waals surface area contributed by atoms with Crippen molar-refractivity contribution in [3.05, 3.63) is 24.2 Å². The highest BCUT2D eigenvalue weighted by Gasteiger charge is 2.28. The van der Waals surface area contributed by atoms with E-state index >= 15 is 0 Å². The minimum absolute atomic E-state index is 0.510. The molecule has 19 heavy (non-hydrogen) atoms. The summed E-state index contributed by atoms with van der Waals surface area (Å²) >= 11 is 0. The predicted octanol–water partition coefficient (Wildman–Crippen LogP) is 1.04. The van der Waals surface area contributed by atoms with Crippen LogP contribution in [-0.2, 0) is 0 Å². The molecule has 2 atom stereocenters. The molecular formula is C14H19N5. The molecule has 5 nitrogen and oxygen atoms in total. The fourth-order valence-electron chi connectivity index (χ4n) is 3.33. The van der Waals surface area contributed by atoms with Gasteiger partial charge in [-0.25, -0.2) is 9.97 Å². The van der Waals surface area contributed by atoms with Crippen molar-refractivity contribution in [1.82, 2.24) is 25.2 Å². The normalized spacial score (nSPS) is 27.4. The van der Waals surface area contributed by atoms with E-state index in [1.165, 1.54) is 18.7 Å². The first-order valence-corrected chi connectivity index (χ1v) is 7.18. The third-order valence-corrected chi connectivity index (χ3v) is 4.30. The molecule has 2 aliphatic rings. The molecule has 0 saturated carbocycles. The van der Waals surface area contributed by atoms with Gasteiger partial charge in [0.15, 0.2) is 5.65 Å². The van der Waals surface area contributed by atoms with Crippen LogP contribution in [0.5, 0.6) is 0 Å². The maximum atomic E-state index is 4.87. The second kappa shape index (κ2) is 4.58. The van der Waals surface area contributed by atoms with Crippen LogP contribution in [0.15, 0.2) is 18.3 Å². The van der Waals surface area contributed by atoms with Gasteiger partial charge in [0.05, 0.1) is 6.04 Å². The first-order chi connectivity index (χ1) is 9.43. The summed E-state index contributed by atoms with van der Waals surface area (Å²) < 4.78 is 2.40. The smallest absolute Gasteiger partial charge is 0.160 e. The van der Waals surface area contributed by atoms with Crippen molar-refractivity contribution >= 4 is 11.2 Å². The van der Waals surface area contributed by atoms with Gasteiger partial charge in [0, 0.05) is 25.2 Å². The zero-order chi connectivity index (χ0) is 12.7. The van der Waals surface area contributed by atoms with Gasteiger partial charge in [-0.3, -0.25) is 0 Å². The Morgan fingerprint density at radius 2 is 2.05 bits per heavy atom. The van der Waals surface area contributed by atoms with E-state index < -0.39 is 0 Å². The van der Waals surface area contributed by atoms with Crippen molar-refractivity contribution in [1.29, 1.82) is 0 Å². The van der Waals surface area contributed by atoms with Crippen LogP contribution in [0, 0.1) is 0 Å². The van der Waals surface area contributed by atoms with E-state index in [0.29, 0.717) is 12.0 Å². The molecule has 2 aliphatic heterocycles. The summed E-state index contributed by atoms with van der Waals surface area (Å²) in [5.74, 6) is 1.77. The molecular weight excluding hydrogens is 238 g/mol. The summed E-state index contributed by atoms with van der Waals surface area (Å²) in [6.07, 6.45) is 4.23. The highest BCUT2D eigenvalue weighted by atomic mass is 15.2. The van der Waals surface area contributed by atoms with Crippen molar-refractivity contribution in [2.45, 2.75) is 24.8 Å². The van der Waals surface area contributed by atoms with Gasteiger partial charge in [-0.15, -0.1) is 0 Å². The maximum Gasteiger partial charge on any atom is 0.160 e. The lowest BCUT2D eigenvalue weighted by Crippen LogP contribution is -2.19. The molecule has 4 heterocycles. The highest BCUT2D eigenvalue weighted by molar-refractivity contribution is 5.71. The van der Waals surface area contributed by atoms with Crippen LogP contribution in [-0.4, -0.2) is 40.7 Å². The quantitative estimate of drug-likeness (QED) is 0.844. The summed E-state index contributed by atoms with van der Waals surface area (Å²) in [6, 6.07) is 4.56. The number of aromatic nitrogens is 3. The van der Waals surface area contributed by atoms with Gasteiger partial charge >= 0.3 is 0 Å². The summed E-state index contributed by atoms with van der Waals surface area (Å²) in [5.41, 5.74) is 2.09. The molecule has 2 unspecified atom stereocenters. The van der Waals surface area contributed by atoms with Crippen LogP contribution in [0.1, 0.15) is 30.6 Å². The van der Waals surface area contributed by atoms with Gasteiger partial charge in [0.1, 0.15) is 11.3 Å². The zero-order valence-corrected chi connectivity index (χ0v) is 11.0. The van der Waals surface area contributed by atoms with E-state index in [4.69, 9.17) is 4.98 Å². The predicted molar refractivity (Wildman–Crippen MR) is 74.3 cm³/mol. The summed E-state index contributed by atoms with van der Waals surface area (Å²) in [4.78, 5) is 9.44. The first-order valence-electron chi connectivity index (χ1n) is 7.18. The highest BCUT2D eigenvalue weighted by Crippen LogP contribution is 2.30. The molecule has 100 valence electrons. The van der Waals surface area contributed by atoms with Crippen molar-refractivity contribution in [3.63, 3.8) is 0 Å². The van der Waals surface area contributed by atoms with Crippen molar-refractivity contribution in [2.75, 3.05) is 26.2 Å². The van der Waals surface area contributed by atoms with E-state index in [9.17, 15) is 0 Å². The van der Waals surface area contributed by atoms with Gasteiger partial charge in [-0.1, -0.05) is 0 Å². The van der Waals surface area contributed by atoms with Crippen molar-refractivity contribution < 1.29 is 0 Å². The van der Waals surface area contributed by atoms with Crippen LogP contribution in [0.3, 0.4) is 0 Å².